The lowest BCUT2D eigenvalue weighted by molar-refractivity contribution is 0.112. The average Bonchev–Trinajstić information content (AvgIpc) is 2.46. The lowest BCUT2D eigenvalue weighted by Gasteiger charge is -2.29. The van der Waals surface area contributed by atoms with Crippen molar-refractivity contribution in [3.63, 3.8) is 0 Å². The zero-order chi connectivity index (χ0) is 14.7. The van der Waals surface area contributed by atoms with E-state index in [1.807, 2.05) is 49.2 Å². The van der Waals surface area contributed by atoms with Crippen molar-refractivity contribution in [2.24, 2.45) is 0 Å². The first-order chi connectivity index (χ1) is 9.54. The Morgan fingerprint density at radius 1 is 1.15 bits per heavy atom. The lowest BCUT2D eigenvalue weighted by Crippen LogP contribution is -2.23. The molecule has 0 aliphatic rings. The summed E-state index contributed by atoms with van der Waals surface area (Å²) >= 11 is 12.2. The molecule has 0 heterocycles. The molecule has 20 heavy (non-hydrogen) atoms. The number of hydrogen-bond acceptors (Lipinski definition) is 2. The number of carbonyl (C=O) groups excluding carboxylic acids is 1. The van der Waals surface area contributed by atoms with Gasteiger partial charge in [-0.2, -0.15) is 0 Å². The van der Waals surface area contributed by atoms with Gasteiger partial charge in [0.1, 0.15) is 0 Å². The highest BCUT2D eigenvalue weighted by Gasteiger charge is 2.17. The van der Waals surface area contributed by atoms with Gasteiger partial charge in [0.05, 0.1) is 6.04 Å². The molecule has 0 fully saturated rings. The van der Waals surface area contributed by atoms with Gasteiger partial charge in [-0.3, -0.25) is 4.79 Å². The fourth-order valence-corrected chi connectivity index (χ4v) is 2.65. The molecule has 0 aromatic heterocycles. The summed E-state index contributed by atoms with van der Waals surface area (Å²) in [7, 11) is 1.93. The van der Waals surface area contributed by atoms with Gasteiger partial charge in [-0.05, 0) is 36.8 Å². The standard InChI is InChI=1S/C16H15Cl2NO/c1-11(14-5-3-4-6-15(14)18)19(2)16-8-7-13(17)9-12(16)10-20/h3-11H,1-2H3. The van der Waals surface area contributed by atoms with Crippen LogP contribution in [0.3, 0.4) is 0 Å². The Hall–Kier alpha value is -1.51. The highest BCUT2D eigenvalue weighted by atomic mass is 35.5. The van der Waals surface area contributed by atoms with Gasteiger partial charge in [0.2, 0.25) is 0 Å². The van der Waals surface area contributed by atoms with Crippen LogP contribution >= 0.6 is 23.2 Å². The Labute approximate surface area is 128 Å². The van der Waals surface area contributed by atoms with Crippen LogP contribution in [0.2, 0.25) is 10.0 Å². The Morgan fingerprint density at radius 3 is 2.50 bits per heavy atom. The molecule has 0 saturated carbocycles. The Kier molecular flexibility index (Phi) is 4.69. The lowest BCUT2D eigenvalue weighted by atomic mass is 10.1. The summed E-state index contributed by atoms with van der Waals surface area (Å²) in [5, 5.41) is 1.27. The Morgan fingerprint density at radius 2 is 1.85 bits per heavy atom. The predicted molar refractivity (Wildman–Crippen MR) is 85.1 cm³/mol. The summed E-state index contributed by atoms with van der Waals surface area (Å²) < 4.78 is 0. The van der Waals surface area contributed by atoms with Gasteiger partial charge in [0.15, 0.2) is 6.29 Å². The minimum absolute atomic E-state index is 0.0450. The molecule has 0 spiro atoms. The smallest absolute Gasteiger partial charge is 0.152 e. The molecule has 2 rings (SSSR count). The number of carbonyl (C=O) groups is 1. The third kappa shape index (κ3) is 2.97. The fourth-order valence-electron chi connectivity index (χ4n) is 2.17. The molecule has 0 aliphatic heterocycles. The van der Waals surface area contributed by atoms with E-state index in [0.717, 1.165) is 17.5 Å². The van der Waals surface area contributed by atoms with E-state index < -0.39 is 0 Å². The van der Waals surface area contributed by atoms with E-state index in [-0.39, 0.29) is 6.04 Å². The van der Waals surface area contributed by atoms with Gasteiger partial charge < -0.3 is 4.90 Å². The first kappa shape index (κ1) is 14.9. The van der Waals surface area contributed by atoms with E-state index in [2.05, 4.69) is 0 Å². The molecule has 0 bridgehead atoms. The summed E-state index contributed by atoms with van der Waals surface area (Å²) in [5.74, 6) is 0. The number of anilines is 1. The highest BCUT2D eigenvalue weighted by molar-refractivity contribution is 6.31. The van der Waals surface area contributed by atoms with Gasteiger partial charge in [0.25, 0.3) is 0 Å². The van der Waals surface area contributed by atoms with E-state index in [1.165, 1.54) is 0 Å². The molecule has 1 atom stereocenters. The molecule has 0 radical (unpaired) electrons. The number of aldehydes is 1. The molecule has 2 aromatic rings. The maximum absolute atomic E-state index is 11.2. The van der Waals surface area contributed by atoms with Gasteiger partial charge >= 0.3 is 0 Å². The topological polar surface area (TPSA) is 20.3 Å². The van der Waals surface area contributed by atoms with Crippen molar-refractivity contribution in [1.29, 1.82) is 0 Å². The third-order valence-electron chi connectivity index (χ3n) is 3.43. The summed E-state index contributed by atoms with van der Waals surface area (Å²) in [6.45, 7) is 2.05. The van der Waals surface area contributed by atoms with Gasteiger partial charge in [-0.25, -0.2) is 0 Å². The summed E-state index contributed by atoms with van der Waals surface area (Å²) in [5.41, 5.74) is 2.42. The summed E-state index contributed by atoms with van der Waals surface area (Å²) in [6.07, 6.45) is 0.817. The van der Waals surface area contributed by atoms with Crippen molar-refractivity contribution < 1.29 is 4.79 Å². The zero-order valence-corrected chi connectivity index (χ0v) is 12.8. The predicted octanol–water partition coefficient (Wildman–Crippen LogP) is 5.00. The Bertz CT molecular complexity index is 628. The third-order valence-corrected chi connectivity index (χ3v) is 4.01. The van der Waals surface area contributed by atoms with Crippen molar-refractivity contribution in [1.82, 2.24) is 0 Å². The normalized spacial score (nSPS) is 12.0. The van der Waals surface area contributed by atoms with Crippen LogP contribution in [0.25, 0.3) is 0 Å². The Balaban J connectivity index is 2.39. The first-order valence-electron chi connectivity index (χ1n) is 6.26. The molecule has 0 N–H and O–H groups in total. The van der Waals surface area contributed by atoms with Crippen LogP contribution < -0.4 is 4.90 Å². The van der Waals surface area contributed by atoms with Crippen LogP contribution in [0.5, 0.6) is 0 Å². The van der Waals surface area contributed by atoms with Crippen LogP contribution in [0.1, 0.15) is 28.9 Å². The molecule has 2 aromatic carbocycles. The summed E-state index contributed by atoms with van der Waals surface area (Å²) in [6, 6.07) is 13.0. The second-order valence-electron chi connectivity index (χ2n) is 4.63. The van der Waals surface area contributed by atoms with Crippen molar-refractivity contribution in [3.05, 3.63) is 63.6 Å². The van der Waals surface area contributed by atoms with E-state index in [0.29, 0.717) is 15.6 Å². The van der Waals surface area contributed by atoms with E-state index >= 15 is 0 Å². The highest BCUT2D eigenvalue weighted by Crippen LogP contribution is 2.32. The van der Waals surface area contributed by atoms with Gasteiger partial charge in [-0.1, -0.05) is 41.4 Å². The molecular formula is C16H15Cl2NO. The molecule has 4 heteroatoms. The molecule has 0 saturated heterocycles. The van der Waals surface area contributed by atoms with Gasteiger partial charge in [0, 0.05) is 28.3 Å². The van der Waals surface area contributed by atoms with Crippen LogP contribution in [0.4, 0.5) is 5.69 Å². The largest absolute Gasteiger partial charge is 0.367 e. The van der Waals surface area contributed by atoms with Crippen molar-refractivity contribution in [2.75, 3.05) is 11.9 Å². The van der Waals surface area contributed by atoms with E-state index in [1.54, 1.807) is 12.1 Å². The van der Waals surface area contributed by atoms with Crippen LogP contribution in [-0.2, 0) is 0 Å². The maximum atomic E-state index is 11.2. The number of halogens is 2. The summed E-state index contributed by atoms with van der Waals surface area (Å²) in [4.78, 5) is 13.2. The minimum Gasteiger partial charge on any atom is -0.367 e. The molecular weight excluding hydrogens is 293 g/mol. The number of hydrogen-bond donors (Lipinski definition) is 0. The quantitative estimate of drug-likeness (QED) is 0.741. The molecule has 2 nitrogen and oxygen atoms in total. The van der Waals surface area contributed by atoms with Crippen LogP contribution in [-0.4, -0.2) is 13.3 Å². The zero-order valence-electron chi connectivity index (χ0n) is 11.3. The van der Waals surface area contributed by atoms with Gasteiger partial charge in [-0.15, -0.1) is 0 Å². The van der Waals surface area contributed by atoms with E-state index in [9.17, 15) is 4.79 Å². The maximum Gasteiger partial charge on any atom is 0.152 e. The number of rotatable bonds is 4. The second-order valence-corrected chi connectivity index (χ2v) is 5.47. The molecule has 0 aliphatic carbocycles. The van der Waals surface area contributed by atoms with Crippen molar-refractivity contribution in [2.45, 2.75) is 13.0 Å². The minimum atomic E-state index is 0.0450. The van der Waals surface area contributed by atoms with Crippen molar-refractivity contribution >= 4 is 35.2 Å². The SMILES string of the molecule is CC(c1ccccc1Cl)N(C)c1ccc(Cl)cc1C=O. The fraction of sp³-hybridized carbons (Fsp3) is 0.188. The van der Waals surface area contributed by atoms with Crippen LogP contribution in [0, 0.1) is 0 Å². The van der Waals surface area contributed by atoms with Crippen molar-refractivity contribution in [3.8, 4) is 0 Å². The molecule has 0 amide bonds. The first-order valence-corrected chi connectivity index (χ1v) is 7.02. The monoisotopic (exact) mass is 307 g/mol. The molecule has 104 valence electrons. The molecule has 1 unspecified atom stereocenters. The number of benzene rings is 2. The number of nitrogens with zero attached hydrogens (tertiary/aromatic N) is 1. The second kappa shape index (κ2) is 6.29. The van der Waals surface area contributed by atoms with Crippen LogP contribution in [0.15, 0.2) is 42.5 Å². The average molecular weight is 308 g/mol. The van der Waals surface area contributed by atoms with E-state index in [4.69, 9.17) is 23.2 Å².